The third-order valence-corrected chi connectivity index (χ3v) is 10.9. The SMILES string of the molecule is C#CCCC(NC(=O)[C@@H]1C(C(C)C)CCN1C(=O)[C@@H](NC(=O)N[C@H](COC(=O)NCC1CC1)C(C)(C)C)C1(C)CCCCC1)C(=O)C(=O)NCC=C. The van der Waals surface area contributed by atoms with Crippen LogP contribution in [0.15, 0.2) is 12.7 Å². The van der Waals surface area contributed by atoms with Crippen molar-refractivity contribution in [1.29, 1.82) is 0 Å². The quantitative estimate of drug-likeness (QED) is 0.0861. The number of alkyl carbamates (subject to hydrolysis) is 1. The molecule has 0 radical (unpaired) electrons. The van der Waals surface area contributed by atoms with Crippen molar-refractivity contribution >= 4 is 35.6 Å². The van der Waals surface area contributed by atoms with Crippen LogP contribution in [0.1, 0.15) is 106 Å². The van der Waals surface area contributed by atoms with Gasteiger partial charge in [0.05, 0.1) is 12.1 Å². The Hall–Kier alpha value is -4.08. The number of ketones is 1. The van der Waals surface area contributed by atoms with E-state index in [1.54, 1.807) is 4.90 Å². The number of urea groups is 1. The molecule has 3 rings (SSSR count). The first kappa shape index (κ1) is 42.3. The molecule has 290 valence electrons. The Morgan fingerprint density at radius 3 is 2.25 bits per heavy atom. The Balaban J connectivity index is 1.85. The van der Waals surface area contributed by atoms with Gasteiger partial charge in [0.2, 0.25) is 17.6 Å². The standard InChI is InChI=1S/C39H62N6O7/c1-9-11-15-28(31(46)34(48)40-21-10-2)42-33(47)30-27(25(3)4)18-22-45(30)35(49)32(39(8)19-13-12-14-20-39)44-36(50)43-29(38(5,6)7)24-52-37(51)41-23-26-16-17-26/h1,10,25-30,32H,2,11-24H2,3-8H3,(H,40,48)(H,41,51)(H,42,47)(H2,43,44,50)/t27?,28?,29-,30+,32-/m1/s1. The molecule has 6 amide bonds. The third kappa shape index (κ3) is 12.0. The van der Waals surface area contributed by atoms with Crippen LogP contribution in [0, 0.1) is 40.9 Å². The summed E-state index contributed by atoms with van der Waals surface area (Å²) in [6.07, 6.45) is 13.5. The molecular formula is C39H62N6O7. The highest BCUT2D eigenvalue weighted by molar-refractivity contribution is 6.38. The van der Waals surface area contributed by atoms with Gasteiger partial charge in [-0.1, -0.05) is 66.9 Å². The van der Waals surface area contributed by atoms with Crippen LogP contribution in [0.2, 0.25) is 0 Å². The number of nitrogens with zero attached hydrogens (tertiary/aromatic N) is 1. The van der Waals surface area contributed by atoms with E-state index < -0.39 is 64.7 Å². The van der Waals surface area contributed by atoms with Gasteiger partial charge in [0.15, 0.2) is 0 Å². The molecule has 5 atom stereocenters. The Kier molecular flexibility index (Phi) is 15.6. The fourth-order valence-corrected chi connectivity index (χ4v) is 7.21. The summed E-state index contributed by atoms with van der Waals surface area (Å²) in [6, 6.07) is -4.21. The molecule has 0 spiro atoms. The number of ether oxygens (including phenoxy) is 1. The third-order valence-electron chi connectivity index (χ3n) is 10.9. The molecule has 2 aliphatic carbocycles. The summed E-state index contributed by atoms with van der Waals surface area (Å²) in [6.45, 7) is 16.2. The molecule has 13 heteroatoms. The Morgan fingerprint density at radius 1 is 1.00 bits per heavy atom. The van der Waals surface area contributed by atoms with Crippen LogP contribution in [0.4, 0.5) is 9.59 Å². The average Bonchev–Trinajstić information content (AvgIpc) is 3.82. The van der Waals surface area contributed by atoms with Crippen LogP contribution in [0.5, 0.6) is 0 Å². The summed E-state index contributed by atoms with van der Waals surface area (Å²) >= 11 is 0. The maximum Gasteiger partial charge on any atom is 0.407 e. The maximum absolute atomic E-state index is 14.8. The molecule has 2 saturated carbocycles. The van der Waals surface area contributed by atoms with Crippen LogP contribution in [0.3, 0.4) is 0 Å². The fraction of sp³-hybridized carbons (Fsp3) is 0.744. The van der Waals surface area contributed by atoms with Crippen molar-refractivity contribution in [3.63, 3.8) is 0 Å². The molecule has 13 nitrogen and oxygen atoms in total. The van der Waals surface area contributed by atoms with Crippen molar-refractivity contribution in [3.8, 4) is 12.3 Å². The number of rotatable bonds is 17. The number of terminal acetylenes is 1. The first-order valence-corrected chi connectivity index (χ1v) is 19.0. The number of likely N-dealkylation sites (tertiary alicyclic amines) is 1. The molecular weight excluding hydrogens is 664 g/mol. The van der Waals surface area contributed by atoms with Gasteiger partial charge in [-0.15, -0.1) is 18.9 Å². The lowest BCUT2D eigenvalue weighted by atomic mass is 9.70. The van der Waals surface area contributed by atoms with Crippen LogP contribution in [-0.4, -0.2) is 90.9 Å². The van der Waals surface area contributed by atoms with Crippen LogP contribution in [-0.2, 0) is 23.9 Å². The van der Waals surface area contributed by atoms with Gasteiger partial charge >= 0.3 is 12.1 Å². The summed E-state index contributed by atoms with van der Waals surface area (Å²) in [5, 5.41) is 14.0. The van der Waals surface area contributed by atoms with Crippen LogP contribution < -0.4 is 26.6 Å². The van der Waals surface area contributed by atoms with E-state index in [0.29, 0.717) is 31.7 Å². The van der Waals surface area contributed by atoms with Gasteiger partial charge in [0.1, 0.15) is 18.7 Å². The van der Waals surface area contributed by atoms with E-state index in [-0.39, 0.29) is 50.3 Å². The van der Waals surface area contributed by atoms with Gasteiger partial charge in [0, 0.05) is 26.1 Å². The Bertz CT molecular complexity index is 1340. The number of carbonyl (C=O) groups is 6. The highest BCUT2D eigenvalue weighted by Gasteiger charge is 2.50. The summed E-state index contributed by atoms with van der Waals surface area (Å²) in [5.41, 5.74) is -1.07. The van der Waals surface area contributed by atoms with Gasteiger partial charge in [-0.3, -0.25) is 19.2 Å². The molecule has 2 unspecified atom stereocenters. The highest BCUT2D eigenvalue weighted by Crippen LogP contribution is 2.41. The van der Waals surface area contributed by atoms with Crippen LogP contribution in [0.25, 0.3) is 0 Å². The first-order chi connectivity index (χ1) is 24.5. The molecule has 3 aliphatic rings. The molecule has 0 bridgehead atoms. The highest BCUT2D eigenvalue weighted by atomic mass is 16.5. The van der Waals surface area contributed by atoms with Crippen molar-refractivity contribution in [1.82, 2.24) is 31.5 Å². The second kappa shape index (κ2) is 19.1. The van der Waals surface area contributed by atoms with Crippen molar-refractivity contribution < 1.29 is 33.5 Å². The molecule has 52 heavy (non-hydrogen) atoms. The molecule has 1 heterocycles. The predicted octanol–water partition coefficient (Wildman–Crippen LogP) is 3.82. The number of amides is 6. The predicted molar refractivity (Wildman–Crippen MR) is 199 cm³/mol. The maximum atomic E-state index is 14.8. The molecule has 3 fully saturated rings. The zero-order chi connectivity index (χ0) is 38.6. The minimum Gasteiger partial charge on any atom is -0.447 e. The van der Waals surface area contributed by atoms with Gasteiger partial charge < -0.3 is 36.2 Å². The topological polar surface area (TPSA) is 175 Å². The summed E-state index contributed by atoms with van der Waals surface area (Å²) in [5.74, 6) is 0.132. The lowest BCUT2D eigenvalue weighted by Gasteiger charge is -2.43. The van der Waals surface area contributed by atoms with E-state index in [2.05, 4.69) is 39.1 Å². The lowest BCUT2D eigenvalue weighted by molar-refractivity contribution is -0.145. The fourth-order valence-electron chi connectivity index (χ4n) is 7.21. The zero-order valence-corrected chi connectivity index (χ0v) is 32.1. The number of Topliss-reactive ketones (excluding diaryl/α,β-unsaturated/α-hetero) is 1. The van der Waals surface area contributed by atoms with Gasteiger partial charge in [-0.05, 0) is 67.1 Å². The Morgan fingerprint density at radius 2 is 1.67 bits per heavy atom. The molecule has 0 aromatic rings. The summed E-state index contributed by atoms with van der Waals surface area (Å²) in [4.78, 5) is 82.3. The second-order valence-electron chi connectivity index (χ2n) is 16.4. The van der Waals surface area contributed by atoms with Gasteiger partial charge in [0.25, 0.3) is 5.91 Å². The van der Waals surface area contributed by atoms with Gasteiger partial charge in [-0.25, -0.2) is 9.59 Å². The van der Waals surface area contributed by atoms with Crippen molar-refractivity contribution in [2.45, 2.75) is 130 Å². The molecule has 0 aromatic heterocycles. The molecule has 1 saturated heterocycles. The molecule has 1 aliphatic heterocycles. The van der Waals surface area contributed by atoms with Crippen molar-refractivity contribution in [3.05, 3.63) is 12.7 Å². The van der Waals surface area contributed by atoms with E-state index in [1.807, 2.05) is 41.5 Å². The van der Waals surface area contributed by atoms with Gasteiger partial charge in [-0.2, -0.15) is 0 Å². The zero-order valence-electron chi connectivity index (χ0n) is 32.1. The monoisotopic (exact) mass is 726 g/mol. The largest absolute Gasteiger partial charge is 0.447 e. The van der Waals surface area contributed by atoms with E-state index in [4.69, 9.17) is 11.2 Å². The summed E-state index contributed by atoms with van der Waals surface area (Å²) in [7, 11) is 0. The van der Waals surface area contributed by atoms with E-state index in [0.717, 1.165) is 32.1 Å². The lowest BCUT2D eigenvalue weighted by Crippen LogP contribution is -2.63. The smallest absolute Gasteiger partial charge is 0.407 e. The number of hydrogen-bond donors (Lipinski definition) is 5. The number of nitrogens with one attached hydrogen (secondary N) is 5. The average molecular weight is 727 g/mol. The minimum atomic E-state index is -1.18. The van der Waals surface area contributed by atoms with Crippen molar-refractivity contribution in [2.24, 2.45) is 28.6 Å². The van der Waals surface area contributed by atoms with E-state index in [1.165, 1.54) is 6.08 Å². The van der Waals surface area contributed by atoms with E-state index >= 15 is 0 Å². The molecule has 5 N–H and O–H groups in total. The summed E-state index contributed by atoms with van der Waals surface area (Å²) < 4.78 is 5.48. The second-order valence-corrected chi connectivity index (χ2v) is 16.4. The number of carbonyl (C=O) groups excluding carboxylic acids is 6. The number of hydrogen-bond acceptors (Lipinski definition) is 7. The first-order valence-electron chi connectivity index (χ1n) is 19.0. The van der Waals surface area contributed by atoms with Crippen LogP contribution >= 0.6 is 0 Å². The van der Waals surface area contributed by atoms with E-state index in [9.17, 15) is 28.8 Å². The minimum absolute atomic E-state index is 0.0123. The molecule has 0 aromatic carbocycles. The van der Waals surface area contributed by atoms with Crippen molar-refractivity contribution in [2.75, 3.05) is 26.2 Å². The normalized spacial score (nSPS) is 21.5. The Labute approximate surface area is 309 Å².